The minimum absolute atomic E-state index is 0.0432. The summed E-state index contributed by atoms with van der Waals surface area (Å²) in [5.74, 6) is -1.30. The van der Waals surface area contributed by atoms with Gasteiger partial charge in [-0.05, 0) is 49.2 Å². The average molecular weight is 384 g/mol. The molecule has 1 aliphatic rings. The first kappa shape index (κ1) is 18.3. The number of nitrogens with one attached hydrogen (secondary N) is 1. The largest absolute Gasteiger partial charge is 0.382 e. The lowest BCUT2D eigenvalue weighted by Gasteiger charge is -2.32. The van der Waals surface area contributed by atoms with Gasteiger partial charge in [-0.25, -0.2) is 23.1 Å². The van der Waals surface area contributed by atoms with E-state index in [4.69, 9.17) is 0 Å². The molecule has 0 spiro atoms. The molecule has 1 fully saturated rings. The SMILES string of the molecule is Fc1ccc(-c2ccc(NC3CCN(c4ncccn4)CC3)cc2F)c(F)c1. The number of hydrogen-bond donors (Lipinski definition) is 1. The Morgan fingerprint density at radius 3 is 2.14 bits per heavy atom. The lowest BCUT2D eigenvalue weighted by atomic mass is 10.0. The van der Waals surface area contributed by atoms with Crippen LogP contribution >= 0.6 is 0 Å². The highest BCUT2D eigenvalue weighted by molar-refractivity contribution is 5.67. The monoisotopic (exact) mass is 384 g/mol. The Morgan fingerprint density at radius 1 is 0.857 bits per heavy atom. The Morgan fingerprint density at radius 2 is 1.50 bits per heavy atom. The summed E-state index contributed by atoms with van der Waals surface area (Å²) in [4.78, 5) is 10.7. The maximum absolute atomic E-state index is 14.5. The van der Waals surface area contributed by atoms with Crippen LogP contribution in [-0.2, 0) is 0 Å². The van der Waals surface area contributed by atoms with Gasteiger partial charge in [-0.15, -0.1) is 0 Å². The molecule has 1 N–H and O–H groups in total. The zero-order chi connectivity index (χ0) is 19.5. The van der Waals surface area contributed by atoms with Crippen molar-refractivity contribution < 1.29 is 13.2 Å². The Bertz CT molecular complexity index is 957. The molecule has 0 bridgehead atoms. The summed E-state index contributed by atoms with van der Waals surface area (Å²) in [7, 11) is 0. The smallest absolute Gasteiger partial charge is 0.225 e. The number of aromatic nitrogens is 2. The van der Waals surface area contributed by atoms with Gasteiger partial charge in [0, 0.05) is 54.4 Å². The van der Waals surface area contributed by atoms with E-state index < -0.39 is 17.5 Å². The first-order valence-electron chi connectivity index (χ1n) is 9.13. The fraction of sp³-hybridized carbons (Fsp3) is 0.238. The number of piperidine rings is 1. The lowest BCUT2D eigenvalue weighted by molar-refractivity contribution is 0.519. The van der Waals surface area contributed by atoms with Crippen molar-refractivity contribution in [2.24, 2.45) is 0 Å². The fourth-order valence-electron chi connectivity index (χ4n) is 3.45. The summed E-state index contributed by atoms with van der Waals surface area (Å²) in [5.41, 5.74) is 0.791. The normalized spacial score (nSPS) is 14.9. The van der Waals surface area contributed by atoms with Gasteiger partial charge < -0.3 is 10.2 Å². The molecule has 0 amide bonds. The van der Waals surface area contributed by atoms with Gasteiger partial charge in [-0.2, -0.15) is 0 Å². The second-order valence-corrected chi connectivity index (χ2v) is 6.77. The van der Waals surface area contributed by atoms with Crippen LogP contribution in [0.15, 0.2) is 54.9 Å². The number of hydrogen-bond acceptors (Lipinski definition) is 4. The molecule has 4 rings (SSSR count). The van der Waals surface area contributed by atoms with Crippen molar-refractivity contribution in [1.82, 2.24) is 9.97 Å². The van der Waals surface area contributed by atoms with Gasteiger partial charge in [0.05, 0.1) is 0 Å². The molecule has 1 aromatic heterocycles. The average Bonchev–Trinajstić information content (AvgIpc) is 2.70. The van der Waals surface area contributed by atoms with Crippen LogP contribution in [0.4, 0.5) is 24.8 Å². The number of benzene rings is 2. The van der Waals surface area contributed by atoms with Gasteiger partial charge in [0.15, 0.2) is 0 Å². The predicted molar refractivity (Wildman–Crippen MR) is 103 cm³/mol. The summed E-state index contributed by atoms with van der Waals surface area (Å²) in [5, 5.41) is 3.33. The molecule has 2 aromatic carbocycles. The zero-order valence-electron chi connectivity index (χ0n) is 15.1. The van der Waals surface area contributed by atoms with E-state index >= 15 is 0 Å². The predicted octanol–water partition coefficient (Wildman–Crippen LogP) is 4.64. The van der Waals surface area contributed by atoms with E-state index in [9.17, 15) is 13.2 Å². The third-order valence-corrected chi connectivity index (χ3v) is 4.89. The Balaban J connectivity index is 1.42. The molecule has 0 unspecified atom stereocenters. The van der Waals surface area contributed by atoms with Crippen molar-refractivity contribution in [2.75, 3.05) is 23.3 Å². The van der Waals surface area contributed by atoms with Gasteiger partial charge in [0.2, 0.25) is 5.95 Å². The number of halogens is 3. The standard InChI is InChI=1S/C21H19F3N4/c22-14-2-4-17(19(23)12-14)18-5-3-16(13-20(18)24)27-15-6-10-28(11-7-15)21-25-8-1-9-26-21/h1-5,8-9,12-13,15,27H,6-7,10-11H2. The molecule has 0 radical (unpaired) electrons. The van der Waals surface area contributed by atoms with E-state index in [0.717, 1.165) is 44.0 Å². The third-order valence-electron chi connectivity index (χ3n) is 4.89. The molecule has 2 heterocycles. The molecule has 28 heavy (non-hydrogen) atoms. The fourth-order valence-corrected chi connectivity index (χ4v) is 3.45. The van der Waals surface area contributed by atoms with Gasteiger partial charge in [0.1, 0.15) is 17.5 Å². The van der Waals surface area contributed by atoms with Crippen LogP contribution in [0.1, 0.15) is 12.8 Å². The van der Waals surface area contributed by atoms with E-state index in [2.05, 4.69) is 20.2 Å². The molecule has 1 aliphatic heterocycles. The van der Waals surface area contributed by atoms with Crippen LogP contribution in [0.3, 0.4) is 0 Å². The number of nitrogens with zero attached hydrogens (tertiary/aromatic N) is 3. The van der Waals surface area contributed by atoms with Crippen LogP contribution in [0.5, 0.6) is 0 Å². The summed E-state index contributed by atoms with van der Waals surface area (Å²) in [6, 6.07) is 9.69. The van der Waals surface area contributed by atoms with Gasteiger partial charge in [0.25, 0.3) is 0 Å². The maximum atomic E-state index is 14.5. The molecular formula is C21H19F3N4. The van der Waals surface area contributed by atoms with Crippen molar-refractivity contribution in [3.63, 3.8) is 0 Å². The lowest BCUT2D eigenvalue weighted by Crippen LogP contribution is -2.39. The number of anilines is 2. The Hall–Kier alpha value is -3.09. The molecule has 1 saturated heterocycles. The van der Waals surface area contributed by atoms with Crippen molar-refractivity contribution in [3.05, 3.63) is 72.3 Å². The Kier molecular flexibility index (Phi) is 5.14. The van der Waals surface area contributed by atoms with Crippen molar-refractivity contribution >= 4 is 11.6 Å². The third kappa shape index (κ3) is 3.93. The van der Waals surface area contributed by atoms with Crippen LogP contribution < -0.4 is 10.2 Å². The molecule has 0 saturated carbocycles. The zero-order valence-corrected chi connectivity index (χ0v) is 15.1. The van der Waals surface area contributed by atoms with Crippen LogP contribution in [0, 0.1) is 17.5 Å². The van der Waals surface area contributed by atoms with E-state index in [-0.39, 0.29) is 17.2 Å². The van der Waals surface area contributed by atoms with Crippen LogP contribution in [-0.4, -0.2) is 29.1 Å². The van der Waals surface area contributed by atoms with Crippen molar-refractivity contribution in [2.45, 2.75) is 18.9 Å². The maximum Gasteiger partial charge on any atom is 0.225 e. The first-order chi connectivity index (χ1) is 13.6. The number of rotatable bonds is 4. The first-order valence-corrected chi connectivity index (χ1v) is 9.13. The minimum Gasteiger partial charge on any atom is -0.382 e. The molecule has 3 aromatic rings. The second-order valence-electron chi connectivity index (χ2n) is 6.77. The van der Waals surface area contributed by atoms with Gasteiger partial charge in [-0.3, -0.25) is 0 Å². The highest BCUT2D eigenvalue weighted by Gasteiger charge is 2.21. The van der Waals surface area contributed by atoms with E-state index in [0.29, 0.717) is 5.69 Å². The quantitative estimate of drug-likeness (QED) is 0.711. The Labute approximate surface area is 161 Å². The summed E-state index contributed by atoms with van der Waals surface area (Å²) < 4.78 is 41.5. The van der Waals surface area contributed by atoms with E-state index in [1.807, 2.05) is 0 Å². The molecule has 0 atom stereocenters. The van der Waals surface area contributed by atoms with Crippen molar-refractivity contribution in [3.8, 4) is 11.1 Å². The summed E-state index contributed by atoms with van der Waals surface area (Å²) in [6.45, 7) is 1.62. The van der Waals surface area contributed by atoms with Crippen LogP contribution in [0.25, 0.3) is 11.1 Å². The molecule has 0 aliphatic carbocycles. The summed E-state index contributed by atoms with van der Waals surface area (Å²) in [6.07, 6.45) is 5.18. The van der Waals surface area contributed by atoms with E-state index in [1.54, 1.807) is 24.5 Å². The van der Waals surface area contributed by atoms with Crippen molar-refractivity contribution in [1.29, 1.82) is 0 Å². The highest BCUT2D eigenvalue weighted by atomic mass is 19.1. The minimum atomic E-state index is -0.782. The molecular weight excluding hydrogens is 365 g/mol. The van der Waals surface area contributed by atoms with Gasteiger partial charge >= 0.3 is 0 Å². The second kappa shape index (κ2) is 7.88. The molecule has 144 valence electrons. The summed E-state index contributed by atoms with van der Waals surface area (Å²) >= 11 is 0. The highest BCUT2D eigenvalue weighted by Crippen LogP contribution is 2.29. The van der Waals surface area contributed by atoms with Crippen LogP contribution in [0.2, 0.25) is 0 Å². The molecule has 7 heteroatoms. The topological polar surface area (TPSA) is 41.0 Å². The van der Waals surface area contributed by atoms with E-state index in [1.165, 1.54) is 18.2 Å². The molecule has 4 nitrogen and oxygen atoms in total. The van der Waals surface area contributed by atoms with Gasteiger partial charge in [-0.1, -0.05) is 0 Å².